The van der Waals surface area contributed by atoms with Crippen LogP contribution >= 0.6 is 11.3 Å². The monoisotopic (exact) mass is 375 g/mol. The Labute approximate surface area is 158 Å². The van der Waals surface area contributed by atoms with Gasteiger partial charge in [-0.2, -0.15) is 0 Å². The molecule has 0 bridgehead atoms. The third kappa shape index (κ3) is 5.79. The van der Waals surface area contributed by atoms with Crippen LogP contribution in [0, 0.1) is 0 Å². The molecule has 0 spiro atoms. The molecule has 1 aromatic heterocycles. The lowest BCUT2D eigenvalue weighted by molar-refractivity contribution is -0.131. The fraction of sp³-hybridized carbons (Fsp3) is 0.474. The average molecular weight is 375 g/mol. The number of ether oxygens (including phenoxy) is 2. The van der Waals surface area contributed by atoms with Gasteiger partial charge in [0, 0.05) is 25.5 Å². The number of hydrogen-bond donors (Lipinski definition) is 0. The van der Waals surface area contributed by atoms with E-state index < -0.39 is 0 Å². The summed E-state index contributed by atoms with van der Waals surface area (Å²) in [5.41, 5.74) is 0.943. The van der Waals surface area contributed by atoms with Crippen molar-refractivity contribution < 1.29 is 14.3 Å². The zero-order chi connectivity index (χ0) is 18.2. The first-order valence-corrected chi connectivity index (χ1v) is 9.74. The summed E-state index contributed by atoms with van der Waals surface area (Å²) < 4.78 is 11.0. The number of carbonyl (C=O) groups is 1. The topological polar surface area (TPSA) is 54.9 Å². The van der Waals surface area contributed by atoms with E-state index in [2.05, 4.69) is 9.88 Å². The Bertz CT molecular complexity index is 686. The molecule has 3 rings (SSSR count). The van der Waals surface area contributed by atoms with Crippen LogP contribution in [0.4, 0.5) is 0 Å². The van der Waals surface area contributed by atoms with Crippen molar-refractivity contribution in [2.75, 3.05) is 40.0 Å². The van der Waals surface area contributed by atoms with Gasteiger partial charge in [-0.05, 0) is 12.1 Å². The molecule has 1 fully saturated rings. The highest BCUT2D eigenvalue weighted by Crippen LogP contribution is 2.15. The van der Waals surface area contributed by atoms with Gasteiger partial charge in [-0.25, -0.2) is 4.98 Å². The molecule has 1 aliphatic rings. The highest BCUT2D eigenvalue weighted by Gasteiger charge is 2.15. The molecule has 2 aromatic rings. The second-order valence-electron chi connectivity index (χ2n) is 6.28. The number of carbonyl (C=O) groups excluding carboxylic acids is 1. The maximum Gasteiger partial charge on any atom is 0.226 e. The number of benzene rings is 1. The summed E-state index contributed by atoms with van der Waals surface area (Å²) in [6, 6.07) is 9.55. The van der Waals surface area contributed by atoms with E-state index in [1.807, 2.05) is 42.8 Å². The van der Waals surface area contributed by atoms with Gasteiger partial charge in [0.15, 0.2) is 0 Å². The van der Waals surface area contributed by atoms with Crippen LogP contribution in [0.2, 0.25) is 0 Å². The van der Waals surface area contributed by atoms with Crippen molar-refractivity contribution in [3.05, 3.63) is 46.4 Å². The van der Waals surface area contributed by atoms with Gasteiger partial charge in [0.25, 0.3) is 0 Å². The van der Waals surface area contributed by atoms with Crippen LogP contribution in [0.5, 0.6) is 5.75 Å². The summed E-state index contributed by atoms with van der Waals surface area (Å²) >= 11 is 1.66. The SMILES string of the molecule is CN(Cc1csc(CN2CCOCC2)n1)C(=O)CCOc1ccccc1. The molecular weight excluding hydrogens is 350 g/mol. The van der Waals surface area contributed by atoms with Crippen molar-refractivity contribution in [3.63, 3.8) is 0 Å². The molecular formula is C19H25N3O3S. The summed E-state index contributed by atoms with van der Waals surface area (Å²) in [4.78, 5) is 21.0. The van der Waals surface area contributed by atoms with Gasteiger partial charge in [-0.1, -0.05) is 18.2 Å². The number of nitrogens with zero attached hydrogens (tertiary/aromatic N) is 3. The second kappa shape index (κ2) is 9.66. The summed E-state index contributed by atoms with van der Waals surface area (Å²) in [5, 5.41) is 3.13. The van der Waals surface area contributed by atoms with Crippen molar-refractivity contribution in [3.8, 4) is 5.75 Å². The first-order valence-electron chi connectivity index (χ1n) is 8.86. The van der Waals surface area contributed by atoms with E-state index in [1.54, 1.807) is 16.2 Å². The summed E-state index contributed by atoms with van der Waals surface area (Å²) in [6.07, 6.45) is 0.357. The molecule has 1 aromatic carbocycles. The molecule has 140 valence electrons. The lowest BCUT2D eigenvalue weighted by Crippen LogP contribution is -2.35. The Morgan fingerprint density at radius 2 is 2.08 bits per heavy atom. The van der Waals surface area contributed by atoms with Crippen LogP contribution in [-0.2, 0) is 22.6 Å². The Morgan fingerprint density at radius 1 is 1.31 bits per heavy atom. The molecule has 0 unspecified atom stereocenters. The molecule has 0 N–H and O–H groups in total. The van der Waals surface area contributed by atoms with E-state index in [-0.39, 0.29) is 5.91 Å². The van der Waals surface area contributed by atoms with Gasteiger partial charge < -0.3 is 14.4 Å². The van der Waals surface area contributed by atoms with Gasteiger partial charge in [-0.3, -0.25) is 9.69 Å². The van der Waals surface area contributed by atoms with Crippen LogP contribution < -0.4 is 4.74 Å². The molecule has 2 heterocycles. The molecule has 6 nitrogen and oxygen atoms in total. The van der Waals surface area contributed by atoms with Gasteiger partial charge >= 0.3 is 0 Å². The van der Waals surface area contributed by atoms with Crippen LogP contribution in [-0.4, -0.2) is 60.6 Å². The normalized spacial score (nSPS) is 15.0. The lowest BCUT2D eigenvalue weighted by Gasteiger charge is -2.25. The highest BCUT2D eigenvalue weighted by atomic mass is 32.1. The average Bonchev–Trinajstić information content (AvgIpc) is 3.10. The van der Waals surface area contributed by atoms with Gasteiger partial charge in [-0.15, -0.1) is 11.3 Å². The maximum absolute atomic E-state index is 12.3. The molecule has 1 saturated heterocycles. The fourth-order valence-corrected chi connectivity index (χ4v) is 3.57. The minimum Gasteiger partial charge on any atom is -0.493 e. The Balaban J connectivity index is 1.40. The zero-order valence-corrected chi connectivity index (χ0v) is 15.9. The third-order valence-corrected chi connectivity index (χ3v) is 5.10. The van der Waals surface area contributed by atoms with Gasteiger partial charge in [0.1, 0.15) is 10.8 Å². The van der Waals surface area contributed by atoms with Crippen molar-refractivity contribution in [2.24, 2.45) is 0 Å². The second-order valence-corrected chi connectivity index (χ2v) is 7.23. The molecule has 0 atom stereocenters. The Kier molecular flexibility index (Phi) is 6.99. The fourth-order valence-electron chi connectivity index (χ4n) is 2.74. The quantitative estimate of drug-likeness (QED) is 0.709. The number of para-hydroxylation sites is 1. The first-order chi connectivity index (χ1) is 12.7. The summed E-state index contributed by atoms with van der Waals surface area (Å²) in [6.45, 7) is 5.26. The lowest BCUT2D eigenvalue weighted by atomic mass is 10.3. The molecule has 1 amide bonds. The predicted octanol–water partition coefficient (Wildman–Crippen LogP) is 2.40. The van der Waals surface area contributed by atoms with Crippen LogP contribution in [0.1, 0.15) is 17.1 Å². The van der Waals surface area contributed by atoms with E-state index in [4.69, 9.17) is 9.47 Å². The molecule has 7 heteroatoms. The minimum absolute atomic E-state index is 0.0589. The van der Waals surface area contributed by atoms with E-state index in [0.29, 0.717) is 19.6 Å². The van der Waals surface area contributed by atoms with E-state index in [0.717, 1.165) is 49.3 Å². The van der Waals surface area contributed by atoms with Crippen molar-refractivity contribution in [1.82, 2.24) is 14.8 Å². The van der Waals surface area contributed by atoms with E-state index in [1.165, 1.54) is 0 Å². The Morgan fingerprint density at radius 3 is 2.85 bits per heavy atom. The minimum atomic E-state index is 0.0589. The van der Waals surface area contributed by atoms with E-state index in [9.17, 15) is 4.79 Å². The van der Waals surface area contributed by atoms with Crippen molar-refractivity contribution in [1.29, 1.82) is 0 Å². The number of thiazole rings is 1. The number of rotatable bonds is 8. The third-order valence-electron chi connectivity index (χ3n) is 4.21. The predicted molar refractivity (Wildman–Crippen MR) is 101 cm³/mol. The summed E-state index contributed by atoms with van der Waals surface area (Å²) in [7, 11) is 1.81. The van der Waals surface area contributed by atoms with Crippen molar-refractivity contribution in [2.45, 2.75) is 19.5 Å². The van der Waals surface area contributed by atoms with Crippen LogP contribution in [0.25, 0.3) is 0 Å². The van der Waals surface area contributed by atoms with Crippen LogP contribution in [0.3, 0.4) is 0 Å². The number of hydrogen-bond acceptors (Lipinski definition) is 6. The molecule has 0 aliphatic carbocycles. The van der Waals surface area contributed by atoms with Gasteiger partial charge in [0.2, 0.25) is 5.91 Å². The molecule has 0 saturated carbocycles. The van der Waals surface area contributed by atoms with Crippen molar-refractivity contribution >= 4 is 17.2 Å². The standard InChI is InChI=1S/C19H25N3O3S/c1-21(19(23)7-10-25-17-5-3-2-4-6-17)13-16-15-26-18(20-16)14-22-8-11-24-12-9-22/h2-6,15H,7-14H2,1H3. The summed E-state index contributed by atoms with van der Waals surface area (Å²) in [5.74, 6) is 0.846. The Hall–Kier alpha value is -1.96. The number of morpholine rings is 1. The number of aromatic nitrogens is 1. The highest BCUT2D eigenvalue weighted by molar-refractivity contribution is 7.09. The first kappa shape index (κ1) is 18.8. The largest absolute Gasteiger partial charge is 0.493 e. The number of amides is 1. The molecule has 0 radical (unpaired) electrons. The van der Waals surface area contributed by atoms with Crippen LogP contribution in [0.15, 0.2) is 35.7 Å². The maximum atomic E-state index is 12.3. The zero-order valence-electron chi connectivity index (χ0n) is 15.1. The van der Waals surface area contributed by atoms with Gasteiger partial charge in [0.05, 0.1) is 45.0 Å². The van der Waals surface area contributed by atoms with E-state index >= 15 is 0 Å². The smallest absolute Gasteiger partial charge is 0.226 e. The molecule has 1 aliphatic heterocycles. The molecule has 26 heavy (non-hydrogen) atoms.